The van der Waals surface area contributed by atoms with Gasteiger partial charge in [0, 0.05) is 26.2 Å². The van der Waals surface area contributed by atoms with Crippen molar-refractivity contribution in [2.75, 3.05) is 26.2 Å². The molecule has 1 aromatic heterocycles. The first-order valence-corrected chi connectivity index (χ1v) is 12.6. The molecule has 9 heteroatoms. The molecule has 4 rings (SSSR count). The molecule has 0 radical (unpaired) electrons. The minimum Gasteiger partial charge on any atom is -0.300 e. The molecule has 1 fully saturated rings. The highest BCUT2D eigenvalue weighted by Crippen LogP contribution is 2.22. The van der Waals surface area contributed by atoms with Crippen LogP contribution in [0.15, 0.2) is 53.4 Å². The zero-order chi connectivity index (χ0) is 22.9. The Hall–Kier alpha value is -2.33. The van der Waals surface area contributed by atoms with E-state index in [1.54, 1.807) is 10.4 Å². The van der Waals surface area contributed by atoms with E-state index >= 15 is 0 Å². The van der Waals surface area contributed by atoms with Crippen LogP contribution in [0.25, 0.3) is 0 Å². The third kappa shape index (κ3) is 4.71. The molecule has 0 N–H and O–H groups in total. The Kier molecular flexibility index (Phi) is 6.62. The Morgan fingerprint density at radius 1 is 0.969 bits per heavy atom. The zero-order valence-electron chi connectivity index (χ0n) is 18.7. The topological polar surface area (TPSA) is 63.4 Å². The number of sulfonamides is 1. The van der Waals surface area contributed by atoms with Crippen molar-refractivity contribution in [3.63, 3.8) is 0 Å². The van der Waals surface area contributed by atoms with Crippen molar-refractivity contribution in [1.82, 2.24) is 23.6 Å². The van der Waals surface area contributed by atoms with Crippen molar-refractivity contribution in [1.29, 1.82) is 0 Å². The second-order valence-corrected chi connectivity index (χ2v) is 10.6. The van der Waals surface area contributed by atoms with Crippen LogP contribution in [-0.4, -0.2) is 58.1 Å². The summed E-state index contributed by atoms with van der Waals surface area (Å²) < 4.78 is 32.4. The lowest BCUT2D eigenvalue weighted by molar-refractivity contribution is 0.144. The van der Waals surface area contributed by atoms with Crippen LogP contribution < -0.4 is 0 Å². The van der Waals surface area contributed by atoms with Crippen LogP contribution in [0.5, 0.6) is 0 Å². The van der Waals surface area contributed by atoms with Gasteiger partial charge in [0.2, 0.25) is 10.0 Å². The first-order valence-electron chi connectivity index (χ1n) is 10.7. The molecule has 0 bridgehead atoms. The summed E-state index contributed by atoms with van der Waals surface area (Å²) in [6.45, 7) is 9.20. The van der Waals surface area contributed by atoms with E-state index in [1.807, 2.05) is 60.4 Å². The van der Waals surface area contributed by atoms with Crippen LogP contribution in [0.4, 0.5) is 0 Å². The molecule has 170 valence electrons. The fraction of sp³-hybridized carbons (Fsp3) is 0.391. The first-order chi connectivity index (χ1) is 15.3. The van der Waals surface area contributed by atoms with E-state index in [9.17, 15) is 8.42 Å². The summed E-state index contributed by atoms with van der Waals surface area (Å²) in [4.78, 5) is 2.59. The van der Waals surface area contributed by atoms with Gasteiger partial charge in [-0.3, -0.25) is 9.47 Å². The summed E-state index contributed by atoms with van der Waals surface area (Å²) in [6, 6.07) is 15.7. The van der Waals surface area contributed by atoms with Crippen LogP contribution in [-0.2, 0) is 23.2 Å². The van der Waals surface area contributed by atoms with Crippen molar-refractivity contribution in [2.45, 2.75) is 38.9 Å². The summed E-state index contributed by atoms with van der Waals surface area (Å²) >= 11 is 5.68. The van der Waals surface area contributed by atoms with Crippen LogP contribution in [0.1, 0.15) is 22.5 Å². The molecule has 7 nitrogen and oxygen atoms in total. The number of aryl methyl sites for hydroxylation is 3. The van der Waals surface area contributed by atoms with Crippen molar-refractivity contribution in [3.05, 3.63) is 75.8 Å². The van der Waals surface area contributed by atoms with Crippen molar-refractivity contribution < 1.29 is 8.42 Å². The van der Waals surface area contributed by atoms with E-state index in [2.05, 4.69) is 22.1 Å². The fourth-order valence-electron chi connectivity index (χ4n) is 4.12. The largest absolute Gasteiger partial charge is 0.300 e. The summed E-state index contributed by atoms with van der Waals surface area (Å²) in [5.74, 6) is 0.870. The lowest BCUT2D eigenvalue weighted by Gasteiger charge is -2.34. The molecule has 0 unspecified atom stereocenters. The molecule has 0 amide bonds. The minimum atomic E-state index is -3.49. The third-order valence-electron chi connectivity index (χ3n) is 5.90. The Bertz CT molecular complexity index is 1260. The third-order valence-corrected chi connectivity index (χ3v) is 8.39. The number of aromatic nitrogens is 3. The van der Waals surface area contributed by atoms with Gasteiger partial charge in [-0.25, -0.2) is 13.1 Å². The average molecular weight is 472 g/mol. The Balaban J connectivity index is 1.42. The van der Waals surface area contributed by atoms with Crippen LogP contribution in [0, 0.1) is 25.5 Å². The van der Waals surface area contributed by atoms with E-state index in [4.69, 9.17) is 12.2 Å². The predicted octanol–water partition coefficient (Wildman–Crippen LogP) is 3.35. The van der Waals surface area contributed by atoms with Gasteiger partial charge in [-0.2, -0.15) is 9.40 Å². The fourth-order valence-corrected chi connectivity index (χ4v) is 6.04. The number of hydrogen-bond donors (Lipinski definition) is 0. The van der Waals surface area contributed by atoms with Crippen LogP contribution in [0.3, 0.4) is 0 Å². The number of piperazine rings is 1. The van der Waals surface area contributed by atoms with Crippen molar-refractivity contribution in [3.8, 4) is 0 Å². The minimum absolute atomic E-state index is 0.397. The zero-order valence-corrected chi connectivity index (χ0v) is 20.4. The first kappa shape index (κ1) is 22.8. The standard InChI is InChI=1S/C23H29N5O2S2/c1-18-9-10-22(19(2)15-18)32(29,30)26-13-11-25(12-14-26)17-28-23(31)27(20(3)24-28)16-21-7-5-4-6-8-21/h4-10,15H,11-14,16-17H2,1-3H3. The van der Waals surface area contributed by atoms with Crippen LogP contribution in [0.2, 0.25) is 0 Å². The quantitative estimate of drug-likeness (QED) is 0.516. The second-order valence-electron chi connectivity index (χ2n) is 8.33. The molecule has 2 heterocycles. The SMILES string of the molecule is Cc1ccc(S(=O)(=O)N2CCN(Cn3nc(C)n(Cc4ccccc4)c3=S)CC2)c(C)c1. The Morgan fingerprint density at radius 2 is 1.66 bits per heavy atom. The maximum atomic E-state index is 13.1. The van der Waals surface area contributed by atoms with Crippen LogP contribution >= 0.6 is 12.2 Å². The van der Waals surface area contributed by atoms with Gasteiger partial charge in [0.25, 0.3) is 0 Å². The lowest BCUT2D eigenvalue weighted by atomic mass is 10.2. The number of hydrogen-bond acceptors (Lipinski definition) is 5. The van der Waals surface area contributed by atoms with Gasteiger partial charge in [0.1, 0.15) is 5.82 Å². The van der Waals surface area contributed by atoms with Crippen molar-refractivity contribution in [2.24, 2.45) is 0 Å². The molecule has 1 aliphatic rings. The summed E-state index contributed by atoms with van der Waals surface area (Å²) in [6.07, 6.45) is 0. The smallest absolute Gasteiger partial charge is 0.243 e. The van der Waals surface area contributed by atoms with Gasteiger partial charge in [0.05, 0.1) is 18.1 Å². The monoisotopic (exact) mass is 471 g/mol. The highest BCUT2D eigenvalue weighted by molar-refractivity contribution is 7.89. The highest BCUT2D eigenvalue weighted by atomic mass is 32.2. The molecule has 0 spiro atoms. The Labute approximate surface area is 195 Å². The number of nitrogens with zero attached hydrogens (tertiary/aromatic N) is 5. The van der Waals surface area contributed by atoms with E-state index in [-0.39, 0.29) is 0 Å². The maximum absolute atomic E-state index is 13.1. The number of benzene rings is 2. The summed E-state index contributed by atoms with van der Waals surface area (Å²) in [7, 11) is -3.49. The molecular weight excluding hydrogens is 442 g/mol. The second kappa shape index (κ2) is 9.27. The lowest BCUT2D eigenvalue weighted by Crippen LogP contribution is -2.49. The molecular formula is C23H29N5O2S2. The normalized spacial score (nSPS) is 15.8. The van der Waals surface area contributed by atoms with E-state index in [0.717, 1.165) is 17.0 Å². The summed E-state index contributed by atoms with van der Waals surface area (Å²) in [5, 5.41) is 4.64. The van der Waals surface area contributed by atoms with E-state index in [1.165, 1.54) is 5.56 Å². The molecule has 1 saturated heterocycles. The van der Waals surface area contributed by atoms with Gasteiger partial charge >= 0.3 is 0 Å². The molecule has 1 aliphatic heterocycles. The highest BCUT2D eigenvalue weighted by Gasteiger charge is 2.29. The Morgan fingerprint density at radius 3 is 2.31 bits per heavy atom. The number of rotatable bonds is 6. The molecule has 0 atom stereocenters. The van der Waals surface area contributed by atoms with Gasteiger partial charge in [-0.15, -0.1) is 0 Å². The molecule has 0 saturated carbocycles. The van der Waals surface area contributed by atoms with Gasteiger partial charge < -0.3 is 0 Å². The molecule has 32 heavy (non-hydrogen) atoms. The van der Waals surface area contributed by atoms with Gasteiger partial charge in [-0.05, 0) is 50.2 Å². The van der Waals surface area contributed by atoms with Gasteiger partial charge in [-0.1, -0.05) is 48.0 Å². The predicted molar refractivity (Wildman–Crippen MR) is 128 cm³/mol. The molecule has 2 aromatic carbocycles. The van der Waals surface area contributed by atoms with E-state index < -0.39 is 10.0 Å². The van der Waals surface area contributed by atoms with Crippen molar-refractivity contribution >= 4 is 22.2 Å². The summed E-state index contributed by atoms with van der Waals surface area (Å²) in [5.41, 5.74) is 3.03. The molecule has 0 aliphatic carbocycles. The average Bonchev–Trinajstić information content (AvgIpc) is 3.02. The van der Waals surface area contributed by atoms with E-state index in [0.29, 0.717) is 49.1 Å². The molecule has 3 aromatic rings. The maximum Gasteiger partial charge on any atom is 0.243 e. The van der Waals surface area contributed by atoms with Gasteiger partial charge in [0.15, 0.2) is 4.77 Å².